The average molecular weight is 303 g/mol. The van der Waals surface area contributed by atoms with Crippen molar-refractivity contribution in [3.63, 3.8) is 0 Å². The van der Waals surface area contributed by atoms with Gasteiger partial charge in [0.05, 0.1) is 6.04 Å². The Balaban J connectivity index is 1.97. The summed E-state index contributed by atoms with van der Waals surface area (Å²) in [6.07, 6.45) is 0. The van der Waals surface area contributed by atoms with Crippen LogP contribution in [0.3, 0.4) is 0 Å². The molecule has 1 aliphatic heterocycles. The molecule has 1 fully saturated rings. The maximum absolute atomic E-state index is 9.51. The number of benzene rings is 2. The Morgan fingerprint density at radius 3 is 2.05 bits per heavy atom. The smallest absolute Gasteiger partial charge is 0.115 e. The molecule has 1 saturated heterocycles. The molecule has 110 valence electrons. The zero-order valence-electron chi connectivity index (χ0n) is 12.0. The number of aromatic hydroxyl groups is 1. The molecule has 0 aromatic heterocycles. The second-order valence-electron chi connectivity index (χ2n) is 5.52. The molecule has 2 aromatic carbocycles. The Morgan fingerprint density at radius 1 is 1.05 bits per heavy atom. The van der Waals surface area contributed by atoms with Gasteiger partial charge in [0.1, 0.15) is 5.75 Å². The van der Waals surface area contributed by atoms with Gasteiger partial charge in [-0.3, -0.25) is 4.90 Å². The highest BCUT2D eigenvalue weighted by Crippen LogP contribution is 2.31. The van der Waals surface area contributed by atoms with E-state index in [1.54, 1.807) is 12.1 Å². The summed E-state index contributed by atoms with van der Waals surface area (Å²) < 4.78 is 0. The minimum atomic E-state index is 0.162. The van der Waals surface area contributed by atoms with E-state index in [2.05, 4.69) is 29.4 Å². The maximum atomic E-state index is 9.51. The molecule has 0 radical (unpaired) electrons. The summed E-state index contributed by atoms with van der Waals surface area (Å²) in [5.41, 5.74) is 2.38. The molecule has 3 rings (SSSR count). The van der Waals surface area contributed by atoms with Crippen molar-refractivity contribution in [1.29, 1.82) is 0 Å². The standard InChI is InChI=1S/C17H19ClN2O/c1-20(15-10-19-11-15)17(12-2-6-14(18)7-3-12)13-4-8-16(21)9-5-13/h2-9,15,17,19,21H,10-11H2,1H3. The summed E-state index contributed by atoms with van der Waals surface area (Å²) in [6.45, 7) is 2.03. The van der Waals surface area contributed by atoms with Gasteiger partial charge >= 0.3 is 0 Å². The molecular formula is C17H19ClN2O. The van der Waals surface area contributed by atoms with Gasteiger partial charge in [-0.25, -0.2) is 0 Å². The van der Waals surface area contributed by atoms with E-state index in [0.717, 1.165) is 18.1 Å². The number of nitrogens with zero attached hydrogens (tertiary/aromatic N) is 1. The van der Waals surface area contributed by atoms with Crippen molar-refractivity contribution in [3.05, 3.63) is 64.7 Å². The molecular weight excluding hydrogens is 284 g/mol. The number of likely N-dealkylation sites (N-methyl/N-ethyl adjacent to an activating group) is 1. The zero-order valence-corrected chi connectivity index (χ0v) is 12.7. The van der Waals surface area contributed by atoms with Crippen molar-refractivity contribution in [2.75, 3.05) is 20.1 Å². The third kappa shape index (κ3) is 3.05. The van der Waals surface area contributed by atoms with E-state index < -0.39 is 0 Å². The van der Waals surface area contributed by atoms with Gasteiger partial charge in [0.25, 0.3) is 0 Å². The lowest BCUT2D eigenvalue weighted by atomic mass is 9.95. The normalized spacial score (nSPS) is 16.7. The van der Waals surface area contributed by atoms with Crippen LogP contribution in [-0.4, -0.2) is 36.2 Å². The first-order valence-corrected chi connectivity index (χ1v) is 7.50. The van der Waals surface area contributed by atoms with Crippen LogP contribution < -0.4 is 5.32 Å². The van der Waals surface area contributed by atoms with Gasteiger partial charge in [-0.05, 0) is 42.4 Å². The van der Waals surface area contributed by atoms with Gasteiger partial charge in [0, 0.05) is 24.2 Å². The van der Waals surface area contributed by atoms with E-state index in [9.17, 15) is 5.11 Å². The van der Waals surface area contributed by atoms with Crippen LogP contribution in [0.4, 0.5) is 0 Å². The first-order chi connectivity index (χ1) is 10.1. The lowest BCUT2D eigenvalue weighted by Crippen LogP contribution is -2.56. The van der Waals surface area contributed by atoms with E-state index in [1.165, 1.54) is 11.1 Å². The fraction of sp³-hybridized carbons (Fsp3) is 0.294. The van der Waals surface area contributed by atoms with Crippen molar-refractivity contribution >= 4 is 11.6 Å². The van der Waals surface area contributed by atoms with Gasteiger partial charge in [0.2, 0.25) is 0 Å². The van der Waals surface area contributed by atoms with Crippen molar-refractivity contribution in [1.82, 2.24) is 10.2 Å². The SMILES string of the molecule is CN(C1CNC1)C(c1ccc(O)cc1)c1ccc(Cl)cc1. The fourth-order valence-electron chi connectivity index (χ4n) is 2.74. The Hall–Kier alpha value is -1.55. The molecule has 21 heavy (non-hydrogen) atoms. The maximum Gasteiger partial charge on any atom is 0.115 e. The monoisotopic (exact) mass is 302 g/mol. The van der Waals surface area contributed by atoms with Crippen LogP contribution in [0.15, 0.2) is 48.5 Å². The number of hydrogen-bond donors (Lipinski definition) is 2. The molecule has 0 saturated carbocycles. The quantitative estimate of drug-likeness (QED) is 0.911. The molecule has 0 bridgehead atoms. The largest absolute Gasteiger partial charge is 0.508 e. The summed E-state index contributed by atoms with van der Waals surface area (Å²) in [6, 6.07) is 16.1. The summed E-state index contributed by atoms with van der Waals surface area (Å²) in [4.78, 5) is 2.38. The third-order valence-corrected chi connectivity index (χ3v) is 4.39. The van der Waals surface area contributed by atoms with Crippen LogP contribution in [0.1, 0.15) is 17.2 Å². The average Bonchev–Trinajstić information content (AvgIpc) is 2.41. The minimum absolute atomic E-state index is 0.162. The van der Waals surface area contributed by atoms with Crippen molar-refractivity contribution in [3.8, 4) is 5.75 Å². The van der Waals surface area contributed by atoms with Crippen LogP contribution in [0.25, 0.3) is 0 Å². The lowest BCUT2D eigenvalue weighted by Gasteiger charge is -2.41. The van der Waals surface area contributed by atoms with Crippen LogP contribution in [0, 0.1) is 0 Å². The van der Waals surface area contributed by atoms with E-state index in [1.807, 2.05) is 24.3 Å². The highest BCUT2D eigenvalue weighted by atomic mass is 35.5. The fourth-order valence-corrected chi connectivity index (χ4v) is 2.86. The number of rotatable bonds is 4. The second-order valence-corrected chi connectivity index (χ2v) is 5.96. The van der Waals surface area contributed by atoms with Crippen LogP contribution in [0.2, 0.25) is 5.02 Å². The van der Waals surface area contributed by atoms with E-state index in [0.29, 0.717) is 11.8 Å². The Kier molecular flexibility index (Phi) is 4.15. The molecule has 0 aliphatic carbocycles. The molecule has 4 heteroatoms. The van der Waals surface area contributed by atoms with E-state index in [-0.39, 0.29) is 6.04 Å². The molecule has 2 N–H and O–H groups in total. The Morgan fingerprint density at radius 2 is 1.57 bits per heavy atom. The van der Waals surface area contributed by atoms with Crippen molar-refractivity contribution in [2.24, 2.45) is 0 Å². The Bertz CT molecular complexity index is 548. The molecule has 1 atom stereocenters. The van der Waals surface area contributed by atoms with Crippen LogP contribution in [0.5, 0.6) is 5.75 Å². The van der Waals surface area contributed by atoms with Crippen LogP contribution in [-0.2, 0) is 0 Å². The third-order valence-electron chi connectivity index (χ3n) is 4.14. The number of halogens is 1. The summed E-state index contributed by atoms with van der Waals surface area (Å²) in [5.74, 6) is 0.293. The van der Waals surface area contributed by atoms with E-state index in [4.69, 9.17) is 11.6 Å². The summed E-state index contributed by atoms with van der Waals surface area (Å²) >= 11 is 6.01. The van der Waals surface area contributed by atoms with Gasteiger partial charge in [-0.15, -0.1) is 0 Å². The first kappa shape index (κ1) is 14.4. The molecule has 0 spiro atoms. The molecule has 1 unspecified atom stereocenters. The molecule has 1 aliphatic rings. The van der Waals surface area contributed by atoms with Gasteiger partial charge < -0.3 is 10.4 Å². The number of phenolic OH excluding ortho intramolecular Hbond substituents is 1. The highest BCUT2D eigenvalue weighted by Gasteiger charge is 2.29. The highest BCUT2D eigenvalue weighted by molar-refractivity contribution is 6.30. The van der Waals surface area contributed by atoms with Crippen molar-refractivity contribution < 1.29 is 5.11 Å². The molecule has 0 amide bonds. The first-order valence-electron chi connectivity index (χ1n) is 7.12. The molecule has 3 nitrogen and oxygen atoms in total. The summed E-state index contributed by atoms with van der Waals surface area (Å²) in [7, 11) is 2.15. The Labute approximate surface area is 130 Å². The van der Waals surface area contributed by atoms with Crippen molar-refractivity contribution in [2.45, 2.75) is 12.1 Å². The molecule has 1 heterocycles. The van der Waals surface area contributed by atoms with E-state index >= 15 is 0 Å². The minimum Gasteiger partial charge on any atom is -0.508 e. The van der Waals surface area contributed by atoms with Crippen LogP contribution >= 0.6 is 11.6 Å². The zero-order chi connectivity index (χ0) is 14.8. The van der Waals surface area contributed by atoms with Gasteiger partial charge in [-0.2, -0.15) is 0 Å². The molecule has 2 aromatic rings. The lowest BCUT2D eigenvalue weighted by molar-refractivity contribution is 0.146. The number of hydrogen-bond acceptors (Lipinski definition) is 3. The number of phenols is 1. The second kappa shape index (κ2) is 6.06. The van der Waals surface area contributed by atoms with Gasteiger partial charge in [-0.1, -0.05) is 35.9 Å². The predicted molar refractivity (Wildman–Crippen MR) is 85.8 cm³/mol. The predicted octanol–water partition coefficient (Wildman–Crippen LogP) is 3.04. The van der Waals surface area contributed by atoms with Gasteiger partial charge in [0.15, 0.2) is 0 Å². The number of nitrogens with one attached hydrogen (secondary N) is 1. The summed E-state index contributed by atoms with van der Waals surface area (Å²) in [5, 5.41) is 13.6. The topological polar surface area (TPSA) is 35.5 Å².